The normalized spacial score (nSPS) is 18.0. The number of nitrogens with zero attached hydrogens (tertiary/aromatic N) is 1. The third-order valence-corrected chi connectivity index (χ3v) is 3.97. The number of nitrogens with one attached hydrogen (secondary N) is 2. The van der Waals surface area contributed by atoms with Crippen LogP contribution in [0.2, 0.25) is 0 Å². The number of anilines is 1. The summed E-state index contributed by atoms with van der Waals surface area (Å²) < 4.78 is 5.38. The molecule has 0 radical (unpaired) electrons. The molecule has 1 aromatic carbocycles. The Bertz CT molecular complexity index is 553. The number of amides is 2. The molecule has 24 heavy (non-hydrogen) atoms. The van der Waals surface area contributed by atoms with Crippen LogP contribution in [0.15, 0.2) is 24.3 Å². The molecule has 7 heteroatoms. The van der Waals surface area contributed by atoms with E-state index in [4.69, 9.17) is 4.74 Å². The molecule has 7 nitrogen and oxygen atoms in total. The van der Waals surface area contributed by atoms with Gasteiger partial charge in [0.05, 0.1) is 12.2 Å². The van der Waals surface area contributed by atoms with Gasteiger partial charge in [0.15, 0.2) is 0 Å². The summed E-state index contributed by atoms with van der Waals surface area (Å²) >= 11 is 0. The van der Waals surface area contributed by atoms with E-state index < -0.39 is 17.9 Å². The molecule has 1 heterocycles. The van der Waals surface area contributed by atoms with Gasteiger partial charge in [-0.3, -0.25) is 9.59 Å². The Morgan fingerprint density at radius 3 is 2.50 bits per heavy atom. The molecular weight excluding hydrogens is 310 g/mol. The molecule has 0 aliphatic carbocycles. The second-order valence-corrected chi connectivity index (χ2v) is 6.06. The van der Waals surface area contributed by atoms with Crippen molar-refractivity contribution in [1.29, 1.82) is 0 Å². The number of hydrogen-bond donors (Lipinski definition) is 3. The molecule has 0 unspecified atom stereocenters. The summed E-state index contributed by atoms with van der Waals surface area (Å²) in [5.74, 6) is -1.46. The average molecular weight is 335 g/mol. The summed E-state index contributed by atoms with van der Waals surface area (Å²) in [5.41, 5.74) is 1.70. The lowest BCUT2D eigenvalue weighted by atomic mass is 10.1. The summed E-state index contributed by atoms with van der Waals surface area (Å²) in [6.45, 7) is 1.01. The van der Waals surface area contributed by atoms with Crippen LogP contribution in [0.3, 0.4) is 0 Å². The van der Waals surface area contributed by atoms with E-state index in [0.29, 0.717) is 18.7 Å². The van der Waals surface area contributed by atoms with E-state index >= 15 is 0 Å². The van der Waals surface area contributed by atoms with Gasteiger partial charge < -0.3 is 25.4 Å². The van der Waals surface area contributed by atoms with Crippen LogP contribution in [0.25, 0.3) is 0 Å². The van der Waals surface area contributed by atoms with Gasteiger partial charge in [-0.25, -0.2) is 0 Å². The van der Waals surface area contributed by atoms with E-state index in [1.165, 1.54) is 0 Å². The van der Waals surface area contributed by atoms with Crippen molar-refractivity contribution in [1.82, 2.24) is 10.6 Å². The van der Waals surface area contributed by atoms with Crippen molar-refractivity contribution in [3.63, 3.8) is 0 Å². The second-order valence-electron chi connectivity index (χ2n) is 6.06. The highest BCUT2D eigenvalue weighted by Crippen LogP contribution is 2.17. The largest absolute Gasteiger partial charge is 0.387 e. The Balaban J connectivity index is 1.74. The zero-order valence-corrected chi connectivity index (χ0v) is 14.1. The lowest BCUT2D eigenvalue weighted by Crippen LogP contribution is -2.43. The van der Waals surface area contributed by atoms with E-state index in [0.717, 1.165) is 18.5 Å². The van der Waals surface area contributed by atoms with Crippen LogP contribution in [0.4, 0.5) is 5.69 Å². The van der Waals surface area contributed by atoms with Crippen LogP contribution in [-0.2, 0) is 14.3 Å². The SMILES string of the molecule is CN(C)c1ccc([C@H](O)CNC(=O)C(=O)NC[C@@H]2CCCO2)cc1. The minimum absolute atomic E-state index is 0.0115. The number of carbonyl (C=O) groups excluding carboxylic acids is 2. The lowest BCUT2D eigenvalue weighted by Gasteiger charge is -2.16. The number of hydrogen-bond acceptors (Lipinski definition) is 5. The van der Waals surface area contributed by atoms with E-state index in [-0.39, 0.29) is 12.6 Å². The molecule has 0 bridgehead atoms. The topological polar surface area (TPSA) is 90.9 Å². The van der Waals surface area contributed by atoms with Crippen molar-refractivity contribution in [2.24, 2.45) is 0 Å². The third kappa shape index (κ3) is 5.21. The lowest BCUT2D eigenvalue weighted by molar-refractivity contribution is -0.139. The van der Waals surface area contributed by atoms with Crippen LogP contribution >= 0.6 is 0 Å². The minimum atomic E-state index is -0.865. The fourth-order valence-electron chi connectivity index (χ4n) is 2.47. The number of aliphatic hydroxyl groups is 1. The Morgan fingerprint density at radius 2 is 1.92 bits per heavy atom. The number of benzene rings is 1. The molecular formula is C17H25N3O4. The first kappa shape index (κ1) is 18.2. The third-order valence-electron chi connectivity index (χ3n) is 3.97. The maximum Gasteiger partial charge on any atom is 0.309 e. The van der Waals surface area contributed by atoms with Gasteiger partial charge in [-0.2, -0.15) is 0 Å². The summed E-state index contributed by atoms with van der Waals surface area (Å²) in [5, 5.41) is 15.1. The Labute approximate surface area is 142 Å². The second kappa shape index (κ2) is 8.65. The molecule has 132 valence electrons. The van der Waals surface area contributed by atoms with Crippen LogP contribution in [0, 0.1) is 0 Å². The molecule has 2 amide bonds. The molecule has 0 aromatic heterocycles. The van der Waals surface area contributed by atoms with Crippen molar-refractivity contribution in [3.05, 3.63) is 29.8 Å². The number of ether oxygens (including phenoxy) is 1. The number of aliphatic hydroxyl groups excluding tert-OH is 1. The number of carbonyl (C=O) groups is 2. The standard InChI is InChI=1S/C17H25N3O4/c1-20(2)13-7-5-12(6-8-13)15(21)11-19-17(23)16(22)18-10-14-4-3-9-24-14/h5-8,14-15,21H,3-4,9-11H2,1-2H3,(H,18,22)(H,19,23)/t14-,15+/m0/s1. The first-order valence-electron chi connectivity index (χ1n) is 8.10. The maximum absolute atomic E-state index is 11.7. The Kier molecular flexibility index (Phi) is 6.57. The Hall–Kier alpha value is -2.12. The monoisotopic (exact) mass is 335 g/mol. The molecule has 1 aliphatic heterocycles. The van der Waals surface area contributed by atoms with Crippen molar-refractivity contribution < 1.29 is 19.4 Å². The van der Waals surface area contributed by atoms with Gasteiger partial charge >= 0.3 is 11.8 Å². The van der Waals surface area contributed by atoms with Crippen LogP contribution in [0.5, 0.6) is 0 Å². The predicted octanol–water partition coefficient (Wildman–Crippen LogP) is 0.197. The van der Waals surface area contributed by atoms with Crippen LogP contribution in [0.1, 0.15) is 24.5 Å². The molecule has 1 aromatic rings. The smallest absolute Gasteiger partial charge is 0.309 e. The van der Waals surface area contributed by atoms with E-state index in [1.54, 1.807) is 12.1 Å². The predicted molar refractivity (Wildman–Crippen MR) is 90.7 cm³/mol. The molecule has 2 atom stereocenters. The summed E-state index contributed by atoms with van der Waals surface area (Å²) in [4.78, 5) is 25.4. The fourth-order valence-corrected chi connectivity index (χ4v) is 2.47. The fraction of sp³-hybridized carbons (Fsp3) is 0.529. The first-order valence-corrected chi connectivity index (χ1v) is 8.10. The maximum atomic E-state index is 11.7. The zero-order valence-electron chi connectivity index (χ0n) is 14.1. The number of rotatable bonds is 6. The van der Waals surface area contributed by atoms with E-state index in [2.05, 4.69) is 10.6 Å². The van der Waals surface area contributed by atoms with Crippen LogP contribution in [-0.4, -0.2) is 56.8 Å². The molecule has 1 saturated heterocycles. The highest BCUT2D eigenvalue weighted by atomic mass is 16.5. The van der Waals surface area contributed by atoms with Gasteiger partial charge in [0, 0.05) is 39.5 Å². The Morgan fingerprint density at radius 1 is 1.25 bits per heavy atom. The van der Waals surface area contributed by atoms with Crippen molar-refractivity contribution in [3.8, 4) is 0 Å². The molecule has 0 saturated carbocycles. The minimum Gasteiger partial charge on any atom is -0.387 e. The van der Waals surface area contributed by atoms with Gasteiger partial charge in [-0.15, -0.1) is 0 Å². The van der Waals surface area contributed by atoms with Crippen molar-refractivity contribution in [2.75, 3.05) is 38.7 Å². The van der Waals surface area contributed by atoms with Crippen LogP contribution < -0.4 is 15.5 Å². The molecule has 1 fully saturated rings. The van der Waals surface area contributed by atoms with Crippen molar-refractivity contribution >= 4 is 17.5 Å². The highest BCUT2D eigenvalue weighted by molar-refractivity contribution is 6.35. The summed E-state index contributed by atoms with van der Waals surface area (Å²) in [6.07, 6.45) is 0.994. The summed E-state index contributed by atoms with van der Waals surface area (Å²) in [7, 11) is 3.86. The van der Waals surface area contributed by atoms with Gasteiger partial charge in [-0.1, -0.05) is 12.1 Å². The zero-order chi connectivity index (χ0) is 17.5. The quantitative estimate of drug-likeness (QED) is 0.646. The molecule has 1 aliphatic rings. The van der Waals surface area contributed by atoms with Crippen molar-refractivity contribution in [2.45, 2.75) is 25.0 Å². The average Bonchev–Trinajstić information content (AvgIpc) is 3.10. The van der Waals surface area contributed by atoms with Gasteiger partial charge in [0.1, 0.15) is 0 Å². The van der Waals surface area contributed by atoms with Gasteiger partial charge in [-0.05, 0) is 30.5 Å². The highest BCUT2D eigenvalue weighted by Gasteiger charge is 2.20. The molecule has 2 rings (SSSR count). The molecule has 0 spiro atoms. The molecule has 3 N–H and O–H groups in total. The van der Waals surface area contributed by atoms with Gasteiger partial charge in [0.2, 0.25) is 0 Å². The van der Waals surface area contributed by atoms with E-state index in [9.17, 15) is 14.7 Å². The first-order chi connectivity index (χ1) is 11.5. The summed E-state index contributed by atoms with van der Waals surface area (Å²) in [6, 6.07) is 7.36. The van der Waals surface area contributed by atoms with E-state index in [1.807, 2.05) is 31.1 Å². The van der Waals surface area contributed by atoms with Gasteiger partial charge in [0.25, 0.3) is 0 Å².